The Morgan fingerprint density at radius 1 is 1.37 bits per heavy atom. The van der Waals surface area contributed by atoms with E-state index in [1.54, 1.807) is 0 Å². The molecule has 2 unspecified atom stereocenters. The highest BCUT2D eigenvalue weighted by atomic mass is 16.5. The summed E-state index contributed by atoms with van der Waals surface area (Å²) < 4.78 is 5.88. The van der Waals surface area contributed by atoms with Gasteiger partial charge in [0.1, 0.15) is 17.9 Å². The van der Waals surface area contributed by atoms with E-state index in [0.717, 1.165) is 18.7 Å². The van der Waals surface area contributed by atoms with Gasteiger partial charge in [-0.25, -0.2) is 0 Å². The third kappa shape index (κ3) is 4.25. The zero-order valence-electron chi connectivity index (χ0n) is 12.4. The molecule has 1 N–H and O–H groups in total. The van der Waals surface area contributed by atoms with Crippen molar-refractivity contribution in [2.45, 2.75) is 45.6 Å². The van der Waals surface area contributed by atoms with Gasteiger partial charge in [0.25, 0.3) is 0 Å². The van der Waals surface area contributed by atoms with Gasteiger partial charge in [-0.2, -0.15) is 5.26 Å². The molecule has 0 aliphatic rings. The lowest BCUT2D eigenvalue weighted by atomic mass is 9.97. The van der Waals surface area contributed by atoms with Crippen molar-refractivity contribution in [3.63, 3.8) is 0 Å². The van der Waals surface area contributed by atoms with Gasteiger partial charge >= 0.3 is 0 Å². The number of rotatable bonds is 7. The molecular formula is C16H24N2O. The quantitative estimate of drug-likeness (QED) is 0.816. The summed E-state index contributed by atoms with van der Waals surface area (Å²) in [6, 6.07) is 10.4. The van der Waals surface area contributed by atoms with Gasteiger partial charge in [-0.3, -0.25) is 5.32 Å². The minimum absolute atomic E-state index is 0.352. The molecule has 0 aliphatic carbocycles. The number of hydrogen-bond acceptors (Lipinski definition) is 3. The molecule has 2 atom stereocenters. The lowest BCUT2D eigenvalue weighted by Gasteiger charge is -2.24. The maximum Gasteiger partial charge on any atom is 0.138 e. The Balaban J connectivity index is 2.80. The van der Waals surface area contributed by atoms with Gasteiger partial charge in [0, 0.05) is 0 Å². The van der Waals surface area contributed by atoms with E-state index in [1.807, 2.05) is 32.0 Å². The van der Waals surface area contributed by atoms with Crippen molar-refractivity contribution in [2.24, 2.45) is 0 Å². The predicted octanol–water partition coefficient (Wildman–Crippen LogP) is 3.47. The van der Waals surface area contributed by atoms with Gasteiger partial charge in [-0.05, 0) is 37.4 Å². The summed E-state index contributed by atoms with van der Waals surface area (Å²) in [6.07, 6.45) is 1.07. The predicted molar refractivity (Wildman–Crippen MR) is 78.3 cm³/mol. The van der Waals surface area contributed by atoms with Crippen molar-refractivity contribution < 1.29 is 4.74 Å². The van der Waals surface area contributed by atoms with Gasteiger partial charge in [-0.15, -0.1) is 0 Å². The maximum absolute atomic E-state index is 9.23. The van der Waals surface area contributed by atoms with Crippen molar-refractivity contribution in [2.75, 3.05) is 13.2 Å². The topological polar surface area (TPSA) is 45.0 Å². The molecule has 0 fully saturated rings. The molecule has 3 nitrogen and oxygen atoms in total. The second-order valence-electron chi connectivity index (χ2n) is 5.11. The fraction of sp³-hybridized carbons (Fsp3) is 0.562. The fourth-order valence-corrected chi connectivity index (χ4v) is 1.97. The first-order valence-electron chi connectivity index (χ1n) is 6.94. The molecule has 0 spiro atoms. The van der Waals surface area contributed by atoms with Gasteiger partial charge in [-0.1, -0.05) is 39.0 Å². The summed E-state index contributed by atoms with van der Waals surface area (Å²) >= 11 is 0. The highest BCUT2D eigenvalue weighted by Crippen LogP contribution is 2.28. The van der Waals surface area contributed by atoms with Crippen LogP contribution in [-0.2, 0) is 0 Å². The molecule has 1 aromatic carbocycles. The number of nitriles is 1. The SMILES string of the molecule is CCNC(C)(C#N)COc1ccccc1C(C)CC. The Morgan fingerprint density at radius 3 is 2.63 bits per heavy atom. The van der Waals surface area contributed by atoms with Crippen LogP contribution in [0.2, 0.25) is 0 Å². The molecule has 0 saturated heterocycles. The highest BCUT2D eigenvalue weighted by molar-refractivity contribution is 5.36. The lowest BCUT2D eigenvalue weighted by molar-refractivity contribution is 0.233. The molecule has 0 aromatic heterocycles. The summed E-state index contributed by atoms with van der Waals surface area (Å²) in [7, 11) is 0. The van der Waals surface area contributed by atoms with Crippen molar-refractivity contribution in [3.05, 3.63) is 29.8 Å². The molecule has 0 radical (unpaired) electrons. The van der Waals surface area contributed by atoms with Crippen LogP contribution in [0.1, 0.15) is 45.6 Å². The van der Waals surface area contributed by atoms with Crippen molar-refractivity contribution >= 4 is 0 Å². The van der Waals surface area contributed by atoms with E-state index in [9.17, 15) is 5.26 Å². The number of likely N-dealkylation sites (N-methyl/N-ethyl adjacent to an activating group) is 1. The number of benzene rings is 1. The molecule has 3 heteroatoms. The smallest absolute Gasteiger partial charge is 0.138 e. The second-order valence-corrected chi connectivity index (χ2v) is 5.11. The van der Waals surface area contributed by atoms with Crippen LogP contribution in [-0.4, -0.2) is 18.7 Å². The van der Waals surface area contributed by atoms with Gasteiger partial charge in [0.15, 0.2) is 0 Å². The Hall–Kier alpha value is -1.53. The van der Waals surface area contributed by atoms with Crippen LogP contribution < -0.4 is 10.1 Å². The number of hydrogen-bond donors (Lipinski definition) is 1. The normalized spacial score (nSPS) is 15.3. The Morgan fingerprint density at radius 2 is 2.05 bits per heavy atom. The maximum atomic E-state index is 9.23. The second kappa shape index (κ2) is 7.16. The van der Waals surface area contributed by atoms with Crippen molar-refractivity contribution in [1.82, 2.24) is 5.32 Å². The summed E-state index contributed by atoms with van der Waals surface area (Å²) in [5, 5.41) is 12.4. The minimum atomic E-state index is -0.642. The standard InChI is InChI=1S/C16H24N2O/c1-5-13(3)14-9-7-8-10-15(14)19-12-16(4,11-17)18-6-2/h7-10,13,18H,5-6,12H2,1-4H3. The average Bonchev–Trinajstić information content (AvgIpc) is 2.45. The monoisotopic (exact) mass is 260 g/mol. The summed E-state index contributed by atoms with van der Waals surface area (Å²) in [6.45, 7) is 9.31. The fourth-order valence-electron chi connectivity index (χ4n) is 1.97. The molecule has 1 rings (SSSR count). The van der Waals surface area contributed by atoms with Crippen LogP contribution in [0.4, 0.5) is 0 Å². The van der Waals surface area contributed by atoms with E-state index in [2.05, 4.69) is 31.3 Å². The van der Waals surface area contributed by atoms with Crippen molar-refractivity contribution in [3.8, 4) is 11.8 Å². The minimum Gasteiger partial charge on any atom is -0.490 e. The Bertz CT molecular complexity index is 439. The van der Waals surface area contributed by atoms with Crippen LogP contribution in [0.15, 0.2) is 24.3 Å². The van der Waals surface area contributed by atoms with Crippen LogP contribution >= 0.6 is 0 Å². The summed E-state index contributed by atoms with van der Waals surface area (Å²) in [5.41, 5.74) is 0.568. The van der Waals surface area contributed by atoms with Crippen molar-refractivity contribution in [1.29, 1.82) is 5.26 Å². The molecule has 0 saturated carbocycles. The first-order valence-corrected chi connectivity index (χ1v) is 6.94. The molecular weight excluding hydrogens is 236 g/mol. The Labute approximate surface area is 116 Å². The third-order valence-electron chi connectivity index (χ3n) is 3.39. The van der Waals surface area contributed by atoms with Gasteiger partial charge in [0.05, 0.1) is 6.07 Å². The number of para-hydroxylation sites is 1. The van der Waals surface area contributed by atoms with Crippen LogP contribution in [0.5, 0.6) is 5.75 Å². The van der Waals surface area contributed by atoms with E-state index in [0.29, 0.717) is 12.5 Å². The molecule has 0 bridgehead atoms. The Kier molecular flexibility index (Phi) is 5.85. The number of nitrogens with zero attached hydrogens (tertiary/aromatic N) is 1. The number of ether oxygens (including phenoxy) is 1. The first kappa shape index (κ1) is 15.5. The molecule has 0 amide bonds. The number of nitrogens with one attached hydrogen (secondary N) is 1. The lowest BCUT2D eigenvalue weighted by Crippen LogP contribution is -2.46. The average molecular weight is 260 g/mol. The zero-order valence-corrected chi connectivity index (χ0v) is 12.4. The molecule has 0 heterocycles. The first-order chi connectivity index (χ1) is 9.06. The molecule has 0 aliphatic heterocycles. The van der Waals surface area contributed by atoms with E-state index < -0.39 is 5.54 Å². The van der Waals surface area contributed by atoms with E-state index in [1.165, 1.54) is 5.56 Å². The largest absolute Gasteiger partial charge is 0.490 e. The van der Waals surface area contributed by atoms with Crippen LogP contribution in [0.3, 0.4) is 0 Å². The third-order valence-corrected chi connectivity index (χ3v) is 3.39. The highest BCUT2D eigenvalue weighted by Gasteiger charge is 2.24. The van der Waals surface area contributed by atoms with Gasteiger partial charge in [0.2, 0.25) is 0 Å². The van der Waals surface area contributed by atoms with Gasteiger partial charge < -0.3 is 4.74 Å². The molecule has 1 aromatic rings. The summed E-state index contributed by atoms with van der Waals surface area (Å²) in [4.78, 5) is 0. The van der Waals surface area contributed by atoms with E-state index >= 15 is 0 Å². The van der Waals surface area contributed by atoms with E-state index in [4.69, 9.17) is 4.74 Å². The summed E-state index contributed by atoms with van der Waals surface area (Å²) in [5.74, 6) is 1.35. The zero-order chi connectivity index (χ0) is 14.3. The van der Waals surface area contributed by atoms with Crippen LogP contribution in [0, 0.1) is 11.3 Å². The molecule has 19 heavy (non-hydrogen) atoms. The molecule has 104 valence electrons. The van der Waals surface area contributed by atoms with Crippen LogP contribution in [0.25, 0.3) is 0 Å². The van der Waals surface area contributed by atoms with E-state index in [-0.39, 0.29) is 0 Å².